The van der Waals surface area contributed by atoms with Crippen molar-refractivity contribution < 1.29 is 0 Å². The van der Waals surface area contributed by atoms with Gasteiger partial charge in [0.25, 0.3) is 0 Å². The van der Waals surface area contributed by atoms with Crippen LogP contribution in [0.1, 0.15) is 0 Å². The predicted molar refractivity (Wildman–Crippen MR) is 82.6 cm³/mol. The molecule has 0 bridgehead atoms. The summed E-state index contributed by atoms with van der Waals surface area (Å²) in [7, 11) is 0. The monoisotopic (exact) mass is 272 g/mol. The molecule has 0 aliphatic carbocycles. The summed E-state index contributed by atoms with van der Waals surface area (Å²) in [5, 5.41) is 16.5. The van der Waals surface area contributed by atoms with Gasteiger partial charge in [0, 0.05) is 5.56 Å². The lowest BCUT2D eigenvalue weighted by Crippen LogP contribution is -1.84. The molecule has 1 aromatic heterocycles. The molecule has 3 aromatic carbocycles. The molecule has 0 atom stereocenters. The van der Waals surface area contributed by atoms with E-state index in [-0.39, 0.29) is 0 Å². The molecule has 1 heterocycles. The first-order chi connectivity index (χ1) is 10.4. The van der Waals surface area contributed by atoms with Crippen molar-refractivity contribution in [2.45, 2.75) is 0 Å². The van der Waals surface area contributed by atoms with Crippen LogP contribution < -0.4 is 0 Å². The summed E-state index contributed by atoms with van der Waals surface area (Å²) in [6.07, 6.45) is 0. The number of nitrogens with one attached hydrogen (secondary N) is 1. The Balaban J connectivity index is 1.82. The van der Waals surface area contributed by atoms with Crippen LogP contribution in [0.3, 0.4) is 0 Å². The molecule has 4 rings (SSSR count). The van der Waals surface area contributed by atoms with Crippen molar-refractivity contribution in [3.8, 4) is 22.5 Å². The molecule has 0 spiro atoms. The second kappa shape index (κ2) is 4.83. The van der Waals surface area contributed by atoms with Gasteiger partial charge in [0.1, 0.15) is 0 Å². The molecule has 0 unspecified atom stereocenters. The second-order valence-corrected chi connectivity index (χ2v) is 4.84. The minimum atomic E-state index is 0.611. The summed E-state index contributed by atoms with van der Waals surface area (Å²) in [5.74, 6) is 0.611. The highest BCUT2D eigenvalue weighted by Gasteiger charge is 2.05. The van der Waals surface area contributed by atoms with Crippen molar-refractivity contribution in [1.29, 1.82) is 0 Å². The highest BCUT2D eigenvalue weighted by Crippen LogP contribution is 2.29. The molecule has 4 nitrogen and oxygen atoms in total. The first kappa shape index (κ1) is 11.8. The van der Waals surface area contributed by atoms with Crippen LogP contribution in [0, 0.1) is 0 Å². The lowest BCUT2D eigenvalue weighted by molar-refractivity contribution is 0.881. The first-order valence-electron chi connectivity index (χ1n) is 6.74. The number of H-pyrrole nitrogens is 1. The van der Waals surface area contributed by atoms with Gasteiger partial charge >= 0.3 is 0 Å². The minimum Gasteiger partial charge on any atom is -0.177 e. The highest BCUT2D eigenvalue weighted by molar-refractivity contribution is 5.96. The van der Waals surface area contributed by atoms with E-state index in [4.69, 9.17) is 0 Å². The fraction of sp³-hybridized carbons (Fsp3) is 0. The molecule has 0 aliphatic heterocycles. The van der Waals surface area contributed by atoms with Gasteiger partial charge in [-0.15, -0.1) is 10.2 Å². The van der Waals surface area contributed by atoms with Crippen LogP contribution in [0.15, 0.2) is 66.7 Å². The van der Waals surface area contributed by atoms with E-state index in [9.17, 15) is 0 Å². The van der Waals surface area contributed by atoms with Crippen LogP contribution in [0.4, 0.5) is 0 Å². The van der Waals surface area contributed by atoms with Crippen molar-refractivity contribution in [2.24, 2.45) is 0 Å². The summed E-state index contributed by atoms with van der Waals surface area (Å²) < 4.78 is 0. The fourth-order valence-corrected chi connectivity index (χ4v) is 2.56. The molecule has 21 heavy (non-hydrogen) atoms. The molecule has 0 aliphatic rings. The van der Waals surface area contributed by atoms with Gasteiger partial charge in [-0.05, 0) is 27.1 Å². The second-order valence-electron chi connectivity index (χ2n) is 4.84. The standard InChI is InChI=1S/C17H12N4/c1-2-6-15-12(4-1)5-3-7-16(15)13-8-10-14(11-9-13)17-18-20-21-19-17/h1-11H,(H,18,19,20,21). The van der Waals surface area contributed by atoms with E-state index in [2.05, 4.69) is 75.2 Å². The summed E-state index contributed by atoms with van der Waals surface area (Å²) in [6.45, 7) is 0. The Kier molecular flexibility index (Phi) is 2.71. The maximum Gasteiger partial charge on any atom is 0.204 e. The lowest BCUT2D eigenvalue weighted by atomic mass is 9.97. The molecular formula is C17H12N4. The third-order valence-corrected chi connectivity index (χ3v) is 3.59. The average molecular weight is 272 g/mol. The molecule has 1 N–H and O–H groups in total. The molecule has 0 fully saturated rings. The Labute approximate surface area is 121 Å². The summed E-state index contributed by atoms with van der Waals surface area (Å²) in [6, 6.07) is 23.0. The Morgan fingerprint density at radius 3 is 2.29 bits per heavy atom. The van der Waals surface area contributed by atoms with Gasteiger partial charge in [-0.3, -0.25) is 0 Å². The molecule has 0 radical (unpaired) electrons. The summed E-state index contributed by atoms with van der Waals surface area (Å²) in [5.41, 5.74) is 3.36. The Morgan fingerprint density at radius 2 is 1.48 bits per heavy atom. The topological polar surface area (TPSA) is 54.5 Å². The predicted octanol–water partition coefficient (Wildman–Crippen LogP) is 3.69. The SMILES string of the molecule is c1ccc2c(-c3ccc(-c4nn[nH]n4)cc3)cccc2c1. The number of aromatic nitrogens is 4. The molecule has 0 saturated heterocycles. The summed E-state index contributed by atoms with van der Waals surface area (Å²) in [4.78, 5) is 0. The van der Waals surface area contributed by atoms with Gasteiger partial charge < -0.3 is 0 Å². The molecule has 4 heteroatoms. The van der Waals surface area contributed by atoms with E-state index < -0.39 is 0 Å². The van der Waals surface area contributed by atoms with Gasteiger partial charge in [-0.2, -0.15) is 5.21 Å². The van der Waals surface area contributed by atoms with Gasteiger partial charge in [0.15, 0.2) is 0 Å². The zero-order chi connectivity index (χ0) is 14.1. The van der Waals surface area contributed by atoms with Crippen LogP contribution in [-0.2, 0) is 0 Å². The maximum atomic E-state index is 3.99. The molecule has 100 valence electrons. The van der Waals surface area contributed by atoms with Gasteiger partial charge in [0.05, 0.1) is 0 Å². The normalized spacial score (nSPS) is 10.9. The van der Waals surface area contributed by atoms with E-state index in [1.807, 2.05) is 12.1 Å². The first-order valence-corrected chi connectivity index (χ1v) is 6.74. The molecule has 0 amide bonds. The number of benzene rings is 3. The number of hydrogen-bond donors (Lipinski definition) is 1. The minimum absolute atomic E-state index is 0.611. The number of fused-ring (bicyclic) bond motifs is 1. The number of rotatable bonds is 2. The zero-order valence-corrected chi connectivity index (χ0v) is 11.2. The van der Waals surface area contributed by atoms with E-state index in [1.165, 1.54) is 21.9 Å². The third kappa shape index (κ3) is 2.07. The van der Waals surface area contributed by atoms with Gasteiger partial charge in [-0.1, -0.05) is 66.7 Å². The molecule has 0 saturated carbocycles. The average Bonchev–Trinajstić information content (AvgIpc) is 3.09. The number of hydrogen-bond acceptors (Lipinski definition) is 3. The van der Waals surface area contributed by atoms with Crippen molar-refractivity contribution in [3.63, 3.8) is 0 Å². The van der Waals surface area contributed by atoms with Gasteiger partial charge in [0.2, 0.25) is 5.82 Å². The highest BCUT2D eigenvalue weighted by atomic mass is 15.5. The van der Waals surface area contributed by atoms with Crippen LogP contribution in [-0.4, -0.2) is 20.6 Å². The maximum absolute atomic E-state index is 3.99. The molecular weight excluding hydrogens is 260 g/mol. The van der Waals surface area contributed by atoms with E-state index in [1.54, 1.807) is 0 Å². The van der Waals surface area contributed by atoms with Crippen molar-refractivity contribution in [3.05, 3.63) is 66.7 Å². The number of tetrazole rings is 1. The molecule has 4 aromatic rings. The van der Waals surface area contributed by atoms with Crippen LogP contribution in [0.2, 0.25) is 0 Å². The largest absolute Gasteiger partial charge is 0.204 e. The number of nitrogens with zero attached hydrogens (tertiary/aromatic N) is 3. The third-order valence-electron chi connectivity index (χ3n) is 3.59. The number of aromatic amines is 1. The Morgan fingerprint density at radius 1 is 0.714 bits per heavy atom. The quantitative estimate of drug-likeness (QED) is 0.605. The van der Waals surface area contributed by atoms with Crippen molar-refractivity contribution in [1.82, 2.24) is 20.6 Å². The van der Waals surface area contributed by atoms with Crippen LogP contribution in [0.5, 0.6) is 0 Å². The van der Waals surface area contributed by atoms with Crippen molar-refractivity contribution >= 4 is 10.8 Å². The van der Waals surface area contributed by atoms with Crippen LogP contribution in [0.25, 0.3) is 33.3 Å². The smallest absolute Gasteiger partial charge is 0.177 e. The van der Waals surface area contributed by atoms with E-state index >= 15 is 0 Å². The Hall–Kier alpha value is -3.01. The lowest BCUT2D eigenvalue weighted by Gasteiger charge is -2.07. The Bertz CT molecular complexity index is 875. The van der Waals surface area contributed by atoms with Gasteiger partial charge in [-0.25, -0.2) is 0 Å². The summed E-state index contributed by atoms with van der Waals surface area (Å²) >= 11 is 0. The van der Waals surface area contributed by atoms with Crippen LogP contribution >= 0.6 is 0 Å². The van der Waals surface area contributed by atoms with E-state index in [0.717, 1.165) is 5.56 Å². The fourth-order valence-electron chi connectivity index (χ4n) is 2.56. The van der Waals surface area contributed by atoms with E-state index in [0.29, 0.717) is 5.82 Å². The zero-order valence-electron chi connectivity index (χ0n) is 11.2. The van der Waals surface area contributed by atoms with Crippen molar-refractivity contribution in [2.75, 3.05) is 0 Å².